The zero-order chi connectivity index (χ0) is 24.2. The van der Waals surface area contributed by atoms with Crippen LogP contribution in [0.25, 0.3) is 22.4 Å². The number of alkyl halides is 3. The van der Waals surface area contributed by atoms with Gasteiger partial charge in [0, 0.05) is 23.4 Å². The first-order valence-corrected chi connectivity index (χ1v) is 10.5. The van der Waals surface area contributed by atoms with Gasteiger partial charge in [0.1, 0.15) is 16.9 Å². The Morgan fingerprint density at radius 3 is 2.56 bits per heavy atom. The molecule has 0 atom stereocenters. The van der Waals surface area contributed by atoms with E-state index in [4.69, 9.17) is 0 Å². The Bertz CT molecular complexity index is 1450. The van der Waals surface area contributed by atoms with Crippen molar-refractivity contribution >= 4 is 22.6 Å². The molecule has 3 aromatic heterocycles. The van der Waals surface area contributed by atoms with E-state index in [0.29, 0.717) is 46.9 Å². The summed E-state index contributed by atoms with van der Waals surface area (Å²) in [5, 5.41) is 13.8. The number of fused-ring (bicyclic) bond motifs is 2. The summed E-state index contributed by atoms with van der Waals surface area (Å²) in [6, 6.07) is 7.57. The molecule has 0 unspecified atom stereocenters. The average molecular weight is 468 g/mol. The van der Waals surface area contributed by atoms with Gasteiger partial charge in [-0.3, -0.25) is 9.48 Å². The van der Waals surface area contributed by atoms with Gasteiger partial charge in [-0.1, -0.05) is 0 Å². The van der Waals surface area contributed by atoms with Crippen LogP contribution >= 0.6 is 0 Å². The molecule has 0 bridgehead atoms. The smallest absolute Gasteiger partial charge is 0.390 e. The Morgan fingerprint density at radius 1 is 1.06 bits per heavy atom. The van der Waals surface area contributed by atoms with Crippen LogP contribution in [0.3, 0.4) is 0 Å². The van der Waals surface area contributed by atoms with Gasteiger partial charge in [0.2, 0.25) is 0 Å². The summed E-state index contributed by atoms with van der Waals surface area (Å²) < 4.78 is 40.3. The number of amides is 1. The molecule has 1 N–H and O–H groups in total. The van der Waals surface area contributed by atoms with Gasteiger partial charge >= 0.3 is 6.18 Å². The topological polar surface area (TPSA) is 97.0 Å². The molecule has 0 fully saturated rings. The van der Waals surface area contributed by atoms with E-state index in [0.717, 1.165) is 17.3 Å². The third-order valence-corrected chi connectivity index (χ3v) is 5.89. The molecule has 0 aliphatic carbocycles. The van der Waals surface area contributed by atoms with Crippen molar-refractivity contribution in [2.24, 2.45) is 0 Å². The van der Waals surface area contributed by atoms with Crippen molar-refractivity contribution in [1.29, 1.82) is 0 Å². The summed E-state index contributed by atoms with van der Waals surface area (Å²) in [5.41, 5.74) is 3.18. The summed E-state index contributed by atoms with van der Waals surface area (Å²) in [6.45, 7) is 4.33. The quantitative estimate of drug-likeness (QED) is 0.493. The zero-order valence-corrected chi connectivity index (χ0v) is 18.3. The fraction of sp³-hybridized carbons (Fsp3) is 0.261. The van der Waals surface area contributed by atoms with Crippen molar-refractivity contribution in [2.45, 2.75) is 33.2 Å². The minimum atomic E-state index is -4.54. The molecule has 1 aliphatic rings. The highest BCUT2D eigenvalue weighted by atomic mass is 19.4. The summed E-state index contributed by atoms with van der Waals surface area (Å²) in [7, 11) is 0. The summed E-state index contributed by atoms with van der Waals surface area (Å²) in [6.07, 6.45) is -3.27. The lowest BCUT2D eigenvalue weighted by Crippen LogP contribution is -2.41. The molecule has 4 aromatic rings. The summed E-state index contributed by atoms with van der Waals surface area (Å²) in [5.74, 6) is 0.149. The summed E-state index contributed by atoms with van der Waals surface area (Å²) >= 11 is 0. The second-order valence-electron chi connectivity index (χ2n) is 8.05. The number of rotatable bonds is 3. The van der Waals surface area contributed by atoms with E-state index in [1.165, 1.54) is 12.3 Å². The van der Waals surface area contributed by atoms with E-state index in [9.17, 15) is 23.1 Å². The number of aryl methyl sites for hydroxylation is 1. The molecule has 8 nitrogen and oxygen atoms in total. The van der Waals surface area contributed by atoms with Crippen LogP contribution in [0.2, 0.25) is 0 Å². The molecule has 174 valence electrons. The Balaban J connectivity index is 1.46. The van der Waals surface area contributed by atoms with E-state index < -0.39 is 11.9 Å². The highest BCUT2D eigenvalue weighted by Gasteiger charge is 2.33. The van der Waals surface area contributed by atoms with Crippen molar-refractivity contribution in [1.82, 2.24) is 24.7 Å². The SMILES string of the molecule is Cc1cc(-c2ncc3nc(C(F)(F)F)ccc3n2)ccc1N1CCn2nc(CO)c(C)c2C1=O. The number of hydrogen-bond acceptors (Lipinski definition) is 6. The maximum atomic E-state index is 13.2. The van der Waals surface area contributed by atoms with Gasteiger partial charge in [-0.05, 0) is 49.7 Å². The largest absolute Gasteiger partial charge is 0.433 e. The van der Waals surface area contributed by atoms with Crippen LogP contribution in [0, 0.1) is 13.8 Å². The van der Waals surface area contributed by atoms with E-state index in [1.807, 2.05) is 13.0 Å². The third kappa shape index (κ3) is 3.58. The van der Waals surface area contributed by atoms with Gasteiger partial charge in [-0.15, -0.1) is 0 Å². The predicted octanol–water partition coefficient (Wildman–Crippen LogP) is 3.68. The Labute approximate surface area is 191 Å². The molecule has 5 rings (SSSR count). The summed E-state index contributed by atoms with van der Waals surface area (Å²) in [4.78, 5) is 27.0. The molecule has 0 radical (unpaired) electrons. The highest BCUT2D eigenvalue weighted by Crippen LogP contribution is 2.31. The second-order valence-corrected chi connectivity index (χ2v) is 8.05. The molecule has 11 heteroatoms. The standard InChI is InChI=1S/C23H19F3N6O2/c1-12-9-14(21-27-10-16-15(29-21)4-6-19(28-16)23(24,25)26)3-5-18(12)31-7-8-32-20(22(31)34)13(2)17(11-33)30-32/h3-6,9-10,33H,7-8,11H2,1-2H3. The fourth-order valence-electron chi connectivity index (χ4n) is 4.15. The third-order valence-electron chi connectivity index (χ3n) is 5.89. The van der Waals surface area contributed by atoms with Gasteiger partial charge in [0.15, 0.2) is 5.82 Å². The maximum Gasteiger partial charge on any atom is 0.433 e. The van der Waals surface area contributed by atoms with Crippen LogP contribution in [0.1, 0.15) is 33.0 Å². The molecular weight excluding hydrogens is 449 g/mol. The molecule has 34 heavy (non-hydrogen) atoms. The lowest BCUT2D eigenvalue weighted by molar-refractivity contribution is -0.140. The molecule has 0 saturated carbocycles. The number of aliphatic hydroxyl groups excluding tert-OH is 1. The monoisotopic (exact) mass is 468 g/mol. The minimum Gasteiger partial charge on any atom is -0.390 e. The lowest BCUT2D eigenvalue weighted by Gasteiger charge is -2.29. The van der Waals surface area contributed by atoms with Crippen LogP contribution in [-0.2, 0) is 19.3 Å². The highest BCUT2D eigenvalue weighted by molar-refractivity contribution is 6.07. The number of halogens is 3. The maximum absolute atomic E-state index is 13.2. The van der Waals surface area contributed by atoms with E-state index in [-0.39, 0.29) is 18.0 Å². The number of anilines is 1. The van der Waals surface area contributed by atoms with Crippen molar-refractivity contribution < 1.29 is 23.1 Å². The number of carbonyl (C=O) groups is 1. The van der Waals surface area contributed by atoms with Gasteiger partial charge in [-0.25, -0.2) is 15.0 Å². The molecule has 1 amide bonds. The Kier molecular flexibility index (Phi) is 5.08. The molecule has 1 aliphatic heterocycles. The van der Waals surface area contributed by atoms with Gasteiger partial charge in [0.25, 0.3) is 5.91 Å². The number of benzene rings is 1. The molecule has 4 heterocycles. The van der Waals surface area contributed by atoms with Crippen molar-refractivity contribution in [3.05, 3.63) is 64.7 Å². The normalized spacial score (nSPS) is 14.1. The molecule has 0 saturated heterocycles. The number of nitrogens with zero attached hydrogens (tertiary/aromatic N) is 6. The van der Waals surface area contributed by atoms with Crippen LogP contribution in [0.4, 0.5) is 18.9 Å². The van der Waals surface area contributed by atoms with E-state index in [1.54, 1.807) is 28.6 Å². The Morgan fingerprint density at radius 2 is 1.85 bits per heavy atom. The molecule has 1 aromatic carbocycles. The first-order valence-electron chi connectivity index (χ1n) is 10.5. The number of hydrogen-bond donors (Lipinski definition) is 1. The zero-order valence-electron chi connectivity index (χ0n) is 18.3. The fourth-order valence-corrected chi connectivity index (χ4v) is 4.15. The van der Waals surface area contributed by atoms with E-state index >= 15 is 0 Å². The number of aromatic nitrogens is 5. The predicted molar refractivity (Wildman–Crippen MR) is 117 cm³/mol. The van der Waals surface area contributed by atoms with Crippen LogP contribution in [0.15, 0.2) is 36.5 Å². The van der Waals surface area contributed by atoms with Gasteiger partial charge in [-0.2, -0.15) is 18.3 Å². The van der Waals surface area contributed by atoms with Crippen molar-refractivity contribution in [2.75, 3.05) is 11.4 Å². The lowest BCUT2D eigenvalue weighted by atomic mass is 10.1. The number of aliphatic hydroxyl groups is 1. The van der Waals surface area contributed by atoms with Gasteiger partial charge in [0.05, 0.1) is 30.6 Å². The van der Waals surface area contributed by atoms with Crippen LogP contribution < -0.4 is 4.90 Å². The minimum absolute atomic E-state index is 0.0556. The van der Waals surface area contributed by atoms with Gasteiger partial charge < -0.3 is 10.0 Å². The Hall–Kier alpha value is -3.86. The molecule has 0 spiro atoms. The van der Waals surface area contributed by atoms with Crippen LogP contribution in [-0.4, -0.2) is 42.3 Å². The van der Waals surface area contributed by atoms with Crippen molar-refractivity contribution in [3.8, 4) is 11.4 Å². The molecular formula is C23H19F3N6O2. The number of carbonyl (C=O) groups excluding carboxylic acids is 1. The second kappa shape index (κ2) is 7.87. The van der Waals surface area contributed by atoms with E-state index in [2.05, 4.69) is 20.1 Å². The number of pyridine rings is 1. The first kappa shape index (κ1) is 22.0. The average Bonchev–Trinajstić information content (AvgIpc) is 3.14. The van der Waals surface area contributed by atoms with Crippen LogP contribution in [0.5, 0.6) is 0 Å². The van der Waals surface area contributed by atoms with Crippen molar-refractivity contribution in [3.63, 3.8) is 0 Å². The first-order chi connectivity index (χ1) is 16.2.